The molecule has 0 aliphatic carbocycles. The highest BCUT2D eigenvalue weighted by atomic mass is 35.5. The molecule has 0 aliphatic rings. The van der Waals surface area contributed by atoms with Gasteiger partial charge in [-0.1, -0.05) is 41.9 Å². The van der Waals surface area contributed by atoms with Crippen LogP contribution in [0.2, 0.25) is 5.02 Å². The quantitative estimate of drug-likeness (QED) is 0.381. The van der Waals surface area contributed by atoms with E-state index < -0.39 is 0 Å². The summed E-state index contributed by atoms with van der Waals surface area (Å²) >= 11 is 5.93. The van der Waals surface area contributed by atoms with E-state index in [0.717, 1.165) is 11.1 Å². The van der Waals surface area contributed by atoms with E-state index in [1.165, 1.54) is 0 Å². The molecule has 0 saturated carbocycles. The SMILES string of the molecule is Cc1cccc(C)c1OCC(=O)Nc1c(C(=O)c2ccc(Cl)cc2)oc2ccccc12. The minimum Gasteiger partial charge on any atom is -0.483 e. The number of anilines is 1. The first-order valence-corrected chi connectivity index (χ1v) is 10.1. The lowest BCUT2D eigenvalue weighted by Crippen LogP contribution is -2.21. The second kappa shape index (κ2) is 8.66. The van der Waals surface area contributed by atoms with Gasteiger partial charge in [-0.15, -0.1) is 0 Å². The van der Waals surface area contributed by atoms with Crippen molar-refractivity contribution < 1.29 is 18.7 Å². The molecule has 0 radical (unpaired) electrons. The van der Waals surface area contributed by atoms with Gasteiger partial charge in [-0.2, -0.15) is 0 Å². The van der Waals surface area contributed by atoms with E-state index in [9.17, 15) is 9.59 Å². The summed E-state index contributed by atoms with van der Waals surface area (Å²) in [5, 5.41) is 3.97. The molecule has 4 rings (SSSR count). The number of carbonyl (C=O) groups excluding carboxylic acids is 2. The summed E-state index contributed by atoms with van der Waals surface area (Å²) in [6, 6.07) is 19.4. The van der Waals surface area contributed by atoms with Gasteiger partial charge in [0, 0.05) is 16.0 Å². The number of ketones is 1. The normalized spacial score (nSPS) is 10.8. The number of fused-ring (bicyclic) bond motifs is 1. The number of aryl methyl sites for hydroxylation is 2. The fraction of sp³-hybridized carbons (Fsp3) is 0.120. The van der Waals surface area contributed by atoms with E-state index in [1.54, 1.807) is 42.5 Å². The Hall–Kier alpha value is -3.57. The Morgan fingerprint density at radius 3 is 2.32 bits per heavy atom. The predicted molar refractivity (Wildman–Crippen MR) is 121 cm³/mol. The number of benzene rings is 3. The summed E-state index contributed by atoms with van der Waals surface area (Å²) in [7, 11) is 0. The number of para-hydroxylation sites is 2. The maximum absolute atomic E-state index is 13.1. The molecule has 0 atom stereocenters. The first-order chi connectivity index (χ1) is 14.9. The number of nitrogens with one attached hydrogen (secondary N) is 1. The second-order valence-corrected chi connectivity index (χ2v) is 7.63. The van der Waals surface area contributed by atoms with Crippen LogP contribution in [0.25, 0.3) is 11.0 Å². The molecule has 5 nitrogen and oxygen atoms in total. The number of ether oxygens (including phenoxy) is 1. The van der Waals surface area contributed by atoms with Gasteiger partial charge in [-0.3, -0.25) is 9.59 Å². The van der Waals surface area contributed by atoms with Crippen molar-refractivity contribution in [3.8, 4) is 5.75 Å². The van der Waals surface area contributed by atoms with E-state index >= 15 is 0 Å². The molecule has 0 aliphatic heterocycles. The van der Waals surface area contributed by atoms with Crippen LogP contribution in [0.1, 0.15) is 27.2 Å². The maximum atomic E-state index is 13.1. The molecule has 1 aromatic heterocycles. The third kappa shape index (κ3) is 4.32. The number of hydrogen-bond donors (Lipinski definition) is 1. The lowest BCUT2D eigenvalue weighted by Gasteiger charge is -2.12. The average molecular weight is 434 g/mol. The van der Waals surface area contributed by atoms with Crippen molar-refractivity contribution in [1.82, 2.24) is 0 Å². The predicted octanol–water partition coefficient (Wildman–Crippen LogP) is 5.95. The lowest BCUT2D eigenvalue weighted by atomic mass is 10.1. The van der Waals surface area contributed by atoms with Crippen LogP contribution >= 0.6 is 11.6 Å². The first-order valence-electron chi connectivity index (χ1n) is 9.74. The number of rotatable bonds is 6. The molecule has 156 valence electrons. The Balaban J connectivity index is 1.62. The topological polar surface area (TPSA) is 68.5 Å². The van der Waals surface area contributed by atoms with Gasteiger partial charge in [0.2, 0.25) is 5.78 Å². The van der Waals surface area contributed by atoms with Crippen molar-refractivity contribution in [3.05, 3.63) is 94.2 Å². The molecule has 6 heteroatoms. The Kier molecular flexibility index (Phi) is 5.78. The third-order valence-corrected chi connectivity index (χ3v) is 5.18. The molecule has 1 heterocycles. The molecule has 31 heavy (non-hydrogen) atoms. The highest BCUT2D eigenvalue weighted by Gasteiger charge is 2.23. The largest absolute Gasteiger partial charge is 0.483 e. The summed E-state index contributed by atoms with van der Waals surface area (Å²) in [6.07, 6.45) is 0. The molecule has 3 aromatic carbocycles. The van der Waals surface area contributed by atoms with Gasteiger partial charge in [0.15, 0.2) is 12.4 Å². The van der Waals surface area contributed by atoms with Crippen LogP contribution in [0.4, 0.5) is 5.69 Å². The Bertz CT molecular complexity index is 1250. The van der Waals surface area contributed by atoms with Gasteiger partial charge < -0.3 is 14.5 Å². The van der Waals surface area contributed by atoms with Crippen molar-refractivity contribution in [2.24, 2.45) is 0 Å². The van der Waals surface area contributed by atoms with Crippen LogP contribution in [0.15, 0.2) is 71.1 Å². The summed E-state index contributed by atoms with van der Waals surface area (Å²) in [6.45, 7) is 3.65. The Labute approximate surface area is 184 Å². The second-order valence-electron chi connectivity index (χ2n) is 7.20. The molecule has 0 fully saturated rings. The number of hydrogen-bond acceptors (Lipinski definition) is 4. The smallest absolute Gasteiger partial charge is 0.262 e. The molecule has 0 saturated heterocycles. The highest BCUT2D eigenvalue weighted by molar-refractivity contribution is 6.30. The van der Waals surface area contributed by atoms with Crippen molar-refractivity contribution in [1.29, 1.82) is 0 Å². The van der Waals surface area contributed by atoms with E-state index in [-0.39, 0.29) is 24.1 Å². The zero-order chi connectivity index (χ0) is 22.0. The van der Waals surface area contributed by atoms with Crippen molar-refractivity contribution >= 4 is 39.9 Å². The van der Waals surface area contributed by atoms with Crippen LogP contribution in [-0.2, 0) is 4.79 Å². The van der Waals surface area contributed by atoms with Crippen LogP contribution in [0.5, 0.6) is 5.75 Å². The molecular formula is C25H20ClNO4. The fourth-order valence-corrected chi connectivity index (χ4v) is 3.53. The summed E-state index contributed by atoms with van der Waals surface area (Å²) in [5.41, 5.74) is 3.13. The summed E-state index contributed by atoms with van der Waals surface area (Å²) < 4.78 is 11.6. The van der Waals surface area contributed by atoms with Crippen molar-refractivity contribution in [2.75, 3.05) is 11.9 Å². The number of amides is 1. The molecule has 1 N–H and O–H groups in total. The van der Waals surface area contributed by atoms with Gasteiger partial charge in [0.25, 0.3) is 5.91 Å². The molecular weight excluding hydrogens is 414 g/mol. The van der Waals surface area contributed by atoms with E-state index in [0.29, 0.717) is 33.0 Å². The highest BCUT2D eigenvalue weighted by Crippen LogP contribution is 2.33. The number of halogens is 1. The standard InChI is InChI=1S/C25H20ClNO4/c1-15-6-5-7-16(2)24(15)30-14-21(28)27-22-19-8-3-4-9-20(19)31-25(22)23(29)17-10-12-18(26)13-11-17/h3-13H,14H2,1-2H3,(H,27,28). The molecule has 0 spiro atoms. The van der Waals surface area contributed by atoms with Crippen molar-refractivity contribution in [3.63, 3.8) is 0 Å². The van der Waals surface area contributed by atoms with Crippen molar-refractivity contribution in [2.45, 2.75) is 13.8 Å². The maximum Gasteiger partial charge on any atom is 0.262 e. The Morgan fingerprint density at radius 1 is 0.935 bits per heavy atom. The Morgan fingerprint density at radius 2 is 1.61 bits per heavy atom. The summed E-state index contributed by atoms with van der Waals surface area (Å²) in [5.74, 6) is -0.00527. The zero-order valence-electron chi connectivity index (χ0n) is 17.1. The molecule has 4 aromatic rings. The summed E-state index contributed by atoms with van der Waals surface area (Å²) in [4.78, 5) is 25.8. The monoisotopic (exact) mass is 433 g/mol. The van der Waals surface area contributed by atoms with Gasteiger partial charge >= 0.3 is 0 Å². The minimum absolute atomic E-state index is 0.0592. The van der Waals surface area contributed by atoms with Crippen LogP contribution in [-0.4, -0.2) is 18.3 Å². The van der Waals surface area contributed by atoms with Crippen LogP contribution < -0.4 is 10.1 Å². The van der Waals surface area contributed by atoms with Crippen LogP contribution in [0, 0.1) is 13.8 Å². The molecule has 1 amide bonds. The third-order valence-electron chi connectivity index (χ3n) is 4.93. The number of furan rings is 1. The first kappa shape index (κ1) is 20.7. The number of carbonyl (C=O) groups is 2. The molecule has 0 unspecified atom stereocenters. The lowest BCUT2D eigenvalue weighted by molar-refractivity contribution is -0.118. The van der Waals surface area contributed by atoms with E-state index in [2.05, 4.69) is 5.32 Å². The average Bonchev–Trinajstić information content (AvgIpc) is 3.12. The van der Waals surface area contributed by atoms with E-state index in [1.807, 2.05) is 38.1 Å². The van der Waals surface area contributed by atoms with Gasteiger partial charge in [0.05, 0.1) is 5.69 Å². The zero-order valence-corrected chi connectivity index (χ0v) is 17.8. The molecule has 0 bridgehead atoms. The van der Waals surface area contributed by atoms with E-state index in [4.69, 9.17) is 20.8 Å². The van der Waals surface area contributed by atoms with Crippen LogP contribution in [0.3, 0.4) is 0 Å². The van der Waals surface area contributed by atoms with Gasteiger partial charge in [-0.25, -0.2) is 0 Å². The fourth-order valence-electron chi connectivity index (χ4n) is 3.40. The van der Waals surface area contributed by atoms with Gasteiger partial charge in [0.1, 0.15) is 11.3 Å². The van der Waals surface area contributed by atoms with Gasteiger partial charge in [-0.05, 0) is 61.4 Å². The minimum atomic E-state index is -0.389.